The SMILES string of the molecule is CCCCCCCCCCCCSC(CCCCCCC)C(C)OOP(=O)(OCCC)OC[C@H]1O[C@@H](n2cc(F)c(=O)[nH]c2=O)[C@H](O)[C@@H]1O. The summed E-state index contributed by atoms with van der Waals surface area (Å²) in [6.07, 6.45) is 14.0. The Labute approximate surface area is 295 Å². The molecule has 286 valence electrons. The average Bonchev–Trinajstić information content (AvgIpc) is 3.37. The Hall–Kier alpha value is -1.09. The van der Waals surface area contributed by atoms with Crippen molar-refractivity contribution >= 4 is 19.6 Å². The molecule has 0 aromatic carbocycles. The van der Waals surface area contributed by atoms with Crippen LogP contribution in [0, 0.1) is 5.82 Å². The fourth-order valence-electron chi connectivity index (χ4n) is 5.60. The zero-order valence-corrected chi connectivity index (χ0v) is 31.7. The first-order chi connectivity index (χ1) is 23.6. The third kappa shape index (κ3) is 16.4. The van der Waals surface area contributed by atoms with Crippen LogP contribution in [0.5, 0.6) is 0 Å². The van der Waals surface area contributed by atoms with Gasteiger partial charge in [0.15, 0.2) is 6.23 Å². The van der Waals surface area contributed by atoms with Crippen molar-refractivity contribution in [1.29, 1.82) is 0 Å². The number of nitrogens with zero attached hydrogens (tertiary/aromatic N) is 1. The molecule has 3 unspecified atom stereocenters. The van der Waals surface area contributed by atoms with Gasteiger partial charge in [-0.1, -0.05) is 111 Å². The van der Waals surface area contributed by atoms with Crippen molar-refractivity contribution in [2.45, 2.75) is 173 Å². The number of ether oxygens (including phenoxy) is 1. The quantitative estimate of drug-likeness (QED) is 0.0322. The van der Waals surface area contributed by atoms with E-state index in [1.807, 2.05) is 25.6 Å². The number of aromatic nitrogens is 2. The number of halogens is 1. The van der Waals surface area contributed by atoms with Gasteiger partial charge in [-0.15, -0.1) is 4.67 Å². The van der Waals surface area contributed by atoms with E-state index in [9.17, 15) is 28.8 Å². The van der Waals surface area contributed by atoms with Crippen molar-refractivity contribution in [1.82, 2.24) is 9.55 Å². The van der Waals surface area contributed by atoms with E-state index in [0.717, 1.165) is 31.4 Å². The van der Waals surface area contributed by atoms with E-state index in [0.29, 0.717) is 17.2 Å². The summed E-state index contributed by atoms with van der Waals surface area (Å²) >= 11 is 1.84. The molecule has 0 aliphatic carbocycles. The van der Waals surface area contributed by atoms with Crippen molar-refractivity contribution < 1.29 is 42.5 Å². The normalized spacial score (nSPS) is 21.9. The zero-order valence-electron chi connectivity index (χ0n) is 30.0. The third-order valence-electron chi connectivity index (χ3n) is 8.62. The van der Waals surface area contributed by atoms with E-state index in [4.69, 9.17) is 23.3 Å². The van der Waals surface area contributed by atoms with E-state index in [1.165, 1.54) is 77.0 Å². The number of aromatic amines is 1. The Morgan fingerprint density at radius 2 is 1.49 bits per heavy atom. The maximum absolute atomic E-state index is 13.9. The minimum absolute atomic E-state index is 0.0365. The molecule has 0 spiro atoms. The van der Waals surface area contributed by atoms with Crippen LogP contribution in [0.2, 0.25) is 0 Å². The summed E-state index contributed by atoms with van der Waals surface area (Å²) in [5, 5.41) is 21.2. The number of hydrogen-bond acceptors (Lipinski definition) is 11. The molecule has 1 aromatic rings. The van der Waals surface area contributed by atoms with Crippen LogP contribution in [-0.2, 0) is 27.9 Å². The Bertz CT molecular complexity index is 1190. The Kier molecular flexibility index (Phi) is 22.5. The molecular weight excluding hydrogens is 678 g/mol. The second-order valence-electron chi connectivity index (χ2n) is 12.9. The number of hydrogen-bond donors (Lipinski definition) is 3. The Balaban J connectivity index is 1.93. The minimum Gasteiger partial charge on any atom is -0.387 e. The summed E-state index contributed by atoms with van der Waals surface area (Å²) in [5.74, 6) is -0.282. The number of thioether (sulfide) groups is 1. The van der Waals surface area contributed by atoms with E-state index in [2.05, 4.69) is 13.8 Å². The molecule has 2 heterocycles. The number of phosphoric ester groups is 1. The largest absolute Gasteiger partial charge is 0.502 e. The van der Waals surface area contributed by atoms with Crippen LogP contribution in [0.25, 0.3) is 0 Å². The van der Waals surface area contributed by atoms with Gasteiger partial charge in [0, 0.05) is 5.25 Å². The molecule has 3 N–H and O–H groups in total. The number of rotatable bonds is 29. The van der Waals surface area contributed by atoms with Crippen LogP contribution in [0.4, 0.5) is 4.39 Å². The number of H-pyrrole nitrogens is 1. The number of nitrogens with one attached hydrogen (secondary N) is 1. The molecule has 0 saturated carbocycles. The lowest BCUT2D eigenvalue weighted by Gasteiger charge is -2.25. The number of phosphoric acid groups is 1. The van der Waals surface area contributed by atoms with Crippen LogP contribution in [0.15, 0.2) is 15.8 Å². The predicted molar refractivity (Wildman–Crippen MR) is 190 cm³/mol. The summed E-state index contributed by atoms with van der Waals surface area (Å²) < 4.78 is 49.9. The lowest BCUT2D eigenvalue weighted by molar-refractivity contribution is -0.258. The van der Waals surface area contributed by atoms with Crippen LogP contribution in [0.1, 0.15) is 143 Å². The van der Waals surface area contributed by atoms with Gasteiger partial charge in [0.25, 0.3) is 5.56 Å². The van der Waals surface area contributed by atoms with Gasteiger partial charge in [0.05, 0.1) is 19.4 Å². The molecule has 2 rings (SSSR count). The van der Waals surface area contributed by atoms with Crippen molar-refractivity contribution in [3.05, 3.63) is 32.9 Å². The van der Waals surface area contributed by atoms with Crippen molar-refractivity contribution in [2.75, 3.05) is 19.0 Å². The molecule has 1 aliphatic heterocycles. The first-order valence-corrected chi connectivity index (χ1v) is 21.0. The highest BCUT2D eigenvalue weighted by Crippen LogP contribution is 2.51. The van der Waals surface area contributed by atoms with Crippen LogP contribution in [-0.4, -0.2) is 68.4 Å². The van der Waals surface area contributed by atoms with Crippen LogP contribution in [0.3, 0.4) is 0 Å². The Morgan fingerprint density at radius 1 is 0.898 bits per heavy atom. The summed E-state index contributed by atoms with van der Waals surface area (Å²) in [4.78, 5) is 31.1. The van der Waals surface area contributed by atoms with Gasteiger partial charge >= 0.3 is 13.5 Å². The van der Waals surface area contributed by atoms with Crippen molar-refractivity contribution in [2.24, 2.45) is 0 Å². The van der Waals surface area contributed by atoms with E-state index in [1.54, 1.807) is 4.98 Å². The molecule has 1 saturated heterocycles. The molecule has 0 bridgehead atoms. The number of aliphatic hydroxyl groups is 2. The second-order valence-corrected chi connectivity index (χ2v) is 15.8. The summed E-state index contributed by atoms with van der Waals surface area (Å²) in [5.41, 5.74) is -2.27. The van der Waals surface area contributed by atoms with Gasteiger partial charge in [-0.25, -0.2) is 14.2 Å². The van der Waals surface area contributed by atoms with Crippen molar-refractivity contribution in [3.63, 3.8) is 0 Å². The molecule has 49 heavy (non-hydrogen) atoms. The van der Waals surface area contributed by atoms with E-state index < -0.39 is 62.1 Å². The smallest absolute Gasteiger partial charge is 0.387 e. The monoisotopic (exact) mass is 740 g/mol. The predicted octanol–water partition coefficient (Wildman–Crippen LogP) is 7.57. The molecule has 0 amide bonds. The molecule has 0 radical (unpaired) electrons. The average molecular weight is 741 g/mol. The molecule has 1 aliphatic rings. The fraction of sp³-hybridized carbons (Fsp3) is 0.882. The molecule has 1 fully saturated rings. The van der Waals surface area contributed by atoms with Gasteiger partial charge < -0.3 is 14.9 Å². The highest BCUT2D eigenvalue weighted by Gasteiger charge is 2.46. The van der Waals surface area contributed by atoms with Crippen molar-refractivity contribution in [3.8, 4) is 0 Å². The van der Waals surface area contributed by atoms with Gasteiger partial charge in [0.1, 0.15) is 24.4 Å². The lowest BCUT2D eigenvalue weighted by Crippen LogP contribution is -2.38. The number of aliphatic hydroxyl groups excluding tert-OH is 2. The van der Waals surface area contributed by atoms with Gasteiger partial charge in [0.2, 0.25) is 5.82 Å². The topological polar surface area (TPSA) is 159 Å². The van der Waals surface area contributed by atoms with Gasteiger partial charge in [-0.2, -0.15) is 16.2 Å². The molecule has 7 atom stereocenters. The zero-order chi connectivity index (χ0) is 36.1. The minimum atomic E-state index is -4.32. The molecule has 1 aromatic heterocycles. The number of unbranched alkanes of at least 4 members (excludes halogenated alkanes) is 13. The highest BCUT2D eigenvalue weighted by molar-refractivity contribution is 7.99. The Morgan fingerprint density at radius 3 is 2.10 bits per heavy atom. The maximum Gasteiger partial charge on any atom is 0.502 e. The highest BCUT2D eigenvalue weighted by atomic mass is 32.2. The first-order valence-electron chi connectivity index (χ1n) is 18.4. The van der Waals surface area contributed by atoms with E-state index in [-0.39, 0.29) is 11.9 Å². The third-order valence-corrected chi connectivity index (χ3v) is 11.4. The molecule has 15 heteroatoms. The summed E-state index contributed by atoms with van der Waals surface area (Å²) in [6, 6.07) is 0. The summed E-state index contributed by atoms with van der Waals surface area (Å²) in [7, 11) is -4.32. The standard InChI is InChI=1S/C34H62FN2O10PS/c1-5-8-10-12-13-14-15-16-18-20-23-49-29(21-19-17-11-9-6-2)26(4)46-47-48(42,43-22-7-3)44-25-28-30(38)31(39)33(45-28)37-24-27(35)32(40)36-34(37)41/h24,26,28-31,33,38-39H,5-23,25H2,1-4H3,(H,36,40,41)/t26?,28-,29?,30-,31-,33-,48?/m1/s1. The van der Waals surface area contributed by atoms with Crippen LogP contribution < -0.4 is 11.2 Å². The maximum atomic E-state index is 13.9. The van der Waals surface area contributed by atoms with Crippen LogP contribution >= 0.6 is 19.6 Å². The van der Waals surface area contributed by atoms with Gasteiger partial charge in [-0.05, 0) is 31.9 Å². The fourth-order valence-corrected chi connectivity index (χ4v) is 8.06. The first kappa shape index (κ1) is 44.1. The van der Waals surface area contributed by atoms with E-state index >= 15 is 0 Å². The van der Waals surface area contributed by atoms with Gasteiger partial charge in [-0.3, -0.25) is 23.4 Å². The summed E-state index contributed by atoms with van der Waals surface area (Å²) in [6.45, 7) is 7.59. The molecular formula is C34H62FN2O10PS. The molecule has 12 nitrogen and oxygen atoms in total. The lowest BCUT2D eigenvalue weighted by atomic mass is 10.1. The second kappa shape index (κ2) is 25.0.